The van der Waals surface area contributed by atoms with E-state index >= 15 is 0 Å². The summed E-state index contributed by atoms with van der Waals surface area (Å²) in [4.78, 5) is 28.3. The number of halogens is 2. The number of amides is 1. The van der Waals surface area contributed by atoms with E-state index in [1.807, 2.05) is 20.8 Å². The predicted molar refractivity (Wildman–Crippen MR) is 124 cm³/mol. The van der Waals surface area contributed by atoms with Crippen molar-refractivity contribution in [2.24, 2.45) is 0 Å². The standard InChI is InChI=1S/C25H27F2N5O2/c1-14(2)24-29-10-16(11-30-24)25(33)31-23-19(20-9-17(26)5-6-21(20)27)7-8-28-22(23)15(3)32-12-18(13-32)34-4/h5-11,14-15,18H,12-13H2,1-4H3,(H,31,33). The van der Waals surface area contributed by atoms with Gasteiger partial charge in [-0.3, -0.25) is 14.7 Å². The SMILES string of the molecule is COC1CN(C(C)c2nccc(-c3cc(F)ccc3F)c2NC(=O)c2cnc(C(C)C)nc2)C1. The van der Waals surface area contributed by atoms with Gasteiger partial charge in [0.1, 0.15) is 17.5 Å². The molecule has 9 heteroatoms. The molecule has 0 bridgehead atoms. The van der Waals surface area contributed by atoms with Gasteiger partial charge in [-0.25, -0.2) is 18.7 Å². The van der Waals surface area contributed by atoms with Crippen molar-refractivity contribution in [3.8, 4) is 11.1 Å². The van der Waals surface area contributed by atoms with E-state index in [9.17, 15) is 13.6 Å². The molecule has 7 nitrogen and oxygen atoms in total. The van der Waals surface area contributed by atoms with E-state index in [0.717, 1.165) is 18.2 Å². The monoisotopic (exact) mass is 467 g/mol. The minimum atomic E-state index is -0.602. The van der Waals surface area contributed by atoms with E-state index in [1.165, 1.54) is 18.6 Å². The molecule has 1 aliphatic heterocycles. The largest absolute Gasteiger partial charge is 0.379 e. The number of benzene rings is 1. The van der Waals surface area contributed by atoms with Crippen LogP contribution in [0.1, 0.15) is 54.6 Å². The number of methoxy groups -OCH3 is 1. The molecule has 2 aromatic heterocycles. The van der Waals surface area contributed by atoms with Crippen molar-refractivity contribution in [1.29, 1.82) is 0 Å². The zero-order valence-electron chi connectivity index (χ0n) is 19.5. The third kappa shape index (κ3) is 4.80. The summed E-state index contributed by atoms with van der Waals surface area (Å²) in [7, 11) is 1.66. The van der Waals surface area contributed by atoms with Gasteiger partial charge >= 0.3 is 0 Å². The predicted octanol–water partition coefficient (Wildman–Crippen LogP) is 4.58. The second-order valence-electron chi connectivity index (χ2n) is 8.67. The number of hydrogen-bond acceptors (Lipinski definition) is 6. The van der Waals surface area contributed by atoms with Gasteiger partial charge < -0.3 is 10.1 Å². The van der Waals surface area contributed by atoms with Crippen molar-refractivity contribution < 1.29 is 18.3 Å². The van der Waals surface area contributed by atoms with Crippen LogP contribution in [0.5, 0.6) is 0 Å². The highest BCUT2D eigenvalue weighted by atomic mass is 19.1. The first-order chi connectivity index (χ1) is 16.3. The van der Waals surface area contributed by atoms with Crippen molar-refractivity contribution in [2.45, 2.75) is 38.8 Å². The number of nitrogens with zero attached hydrogens (tertiary/aromatic N) is 4. The van der Waals surface area contributed by atoms with Crippen LogP contribution in [0, 0.1) is 11.6 Å². The molecule has 1 fully saturated rings. The summed E-state index contributed by atoms with van der Waals surface area (Å²) in [6, 6.07) is 4.60. The van der Waals surface area contributed by atoms with E-state index in [1.54, 1.807) is 13.2 Å². The lowest BCUT2D eigenvalue weighted by Crippen LogP contribution is -2.52. The molecule has 1 atom stereocenters. The van der Waals surface area contributed by atoms with Crippen LogP contribution < -0.4 is 5.32 Å². The second-order valence-corrected chi connectivity index (χ2v) is 8.67. The van der Waals surface area contributed by atoms with Gasteiger partial charge in [0.2, 0.25) is 0 Å². The molecule has 0 aliphatic carbocycles. The van der Waals surface area contributed by atoms with Crippen LogP contribution in [-0.2, 0) is 4.74 Å². The van der Waals surface area contributed by atoms with Crippen molar-refractivity contribution >= 4 is 11.6 Å². The number of rotatable bonds is 7. The smallest absolute Gasteiger partial charge is 0.258 e. The highest BCUT2D eigenvalue weighted by Gasteiger charge is 2.33. The summed E-state index contributed by atoms with van der Waals surface area (Å²) in [6.45, 7) is 7.28. The average Bonchev–Trinajstić information content (AvgIpc) is 2.80. The summed E-state index contributed by atoms with van der Waals surface area (Å²) in [6.07, 6.45) is 4.58. The highest BCUT2D eigenvalue weighted by Crippen LogP contribution is 2.37. The van der Waals surface area contributed by atoms with Gasteiger partial charge in [0, 0.05) is 55.8 Å². The Kier molecular flexibility index (Phi) is 6.95. The van der Waals surface area contributed by atoms with Gasteiger partial charge in [-0.1, -0.05) is 13.8 Å². The Morgan fingerprint density at radius 1 is 1.09 bits per heavy atom. The fraction of sp³-hybridized carbons (Fsp3) is 0.360. The van der Waals surface area contributed by atoms with Crippen LogP contribution in [0.4, 0.5) is 14.5 Å². The zero-order chi connectivity index (χ0) is 24.4. The lowest BCUT2D eigenvalue weighted by atomic mass is 9.98. The van der Waals surface area contributed by atoms with Crippen molar-refractivity contribution in [3.05, 3.63) is 71.6 Å². The molecule has 1 aromatic carbocycles. The normalized spacial score (nSPS) is 15.3. The average molecular weight is 468 g/mol. The number of nitrogens with one attached hydrogen (secondary N) is 1. The molecule has 1 amide bonds. The molecule has 1 aliphatic rings. The lowest BCUT2D eigenvalue weighted by Gasteiger charge is -2.42. The van der Waals surface area contributed by atoms with Gasteiger partial charge in [0.15, 0.2) is 0 Å². The number of likely N-dealkylation sites (tertiary alicyclic amines) is 1. The van der Waals surface area contributed by atoms with Gasteiger partial charge in [-0.05, 0) is 31.2 Å². The molecule has 3 aromatic rings. The number of hydrogen-bond donors (Lipinski definition) is 1. The van der Waals surface area contributed by atoms with Crippen molar-refractivity contribution in [3.63, 3.8) is 0 Å². The molecule has 0 spiro atoms. The fourth-order valence-electron chi connectivity index (χ4n) is 3.90. The van der Waals surface area contributed by atoms with Crippen LogP contribution in [-0.4, -0.2) is 52.1 Å². The number of carbonyl (C=O) groups is 1. The summed E-state index contributed by atoms with van der Waals surface area (Å²) in [5, 5.41) is 2.87. The minimum absolute atomic E-state index is 0.0379. The van der Waals surface area contributed by atoms with Crippen LogP contribution in [0.15, 0.2) is 42.9 Å². The van der Waals surface area contributed by atoms with E-state index in [4.69, 9.17) is 4.74 Å². The molecule has 0 saturated carbocycles. The molecule has 1 unspecified atom stereocenters. The number of aromatic nitrogens is 3. The van der Waals surface area contributed by atoms with Gasteiger partial charge in [-0.2, -0.15) is 0 Å². The molecular formula is C25H27F2N5O2. The Hall–Kier alpha value is -3.30. The molecule has 4 rings (SSSR count). The Balaban J connectivity index is 1.74. The molecule has 34 heavy (non-hydrogen) atoms. The Bertz CT molecular complexity index is 1180. The Morgan fingerprint density at radius 2 is 1.79 bits per heavy atom. The zero-order valence-corrected chi connectivity index (χ0v) is 19.5. The summed E-state index contributed by atoms with van der Waals surface area (Å²) >= 11 is 0. The maximum Gasteiger partial charge on any atom is 0.258 e. The Labute approximate surface area is 197 Å². The molecular weight excluding hydrogens is 440 g/mol. The molecule has 0 radical (unpaired) electrons. The van der Waals surface area contributed by atoms with Crippen LogP contribution >= 0.6 is 0 Å². The fourth-order valence-corrected chi connectivity index (χ4v) is 3.90. The lowest BCUT2D eigenvalue weighted by molar-refractivity contribution is -0.0485. The van der Waals surface area contributed by atoms with Gasteiger partial charge in [-0.15, -0.1) is 0 Å². The van der Waals surface area contributed by atoms with Crippen LogP contribution in [0.2, 0.25) is 0 Å². The highest BCUT2D eigenvalue weighted by molar-refractivity contribution is 6.06. The number of anilines is 1. The molecule has 3 heterocycles. The first kappa shape index (κ1) is 23.8. The topological polar surface area (TPSA) is 80.2 Å². The van der Waals surface area contributed by atoms with E-state index < -0.39 is 17.5 Å². The third-order valence-corrected chi connectivity index (χ3v) is 6.04. The summed E-state index contributed by atoms with van der Waals surface area (Å²) in [5.41, 5.74) is 1.49. The third-order valence-electron chi connectivity index (χ3n) is 6.04. The van der Waals surface area contributed by atoms with Gasteiger partial charge in [0.05, 0.1) is 29.1 Å². The number of pyridine rings is 1. The first-order valence-electron chi connectivity index (χ1n) is 11.1. The van der Waals surface area contributed by atoms with Crippen LogP contribution in [0.25, 0.3) is 11.1 Å². The maximum absolute atomic E-state index is 14.7. The first-order valence-corrected chi connectivity index (χ1v) is 11.1. The van der Waals surface area contributed by atoms with E-state index in [2.05, 4.69) is 25.2 Å². The van der Waals surface area contributed by atoms with Crippen molar-refractivity contribution in [1.82, 2.24) is 19.9 Å². The maximum atomic E-state index is 14.7. The quantitative estimate of drug-likeness (QED) is 0.548. The summed E-state index contributed by atoms with van der Waals surface area (Å²) < 4.78 is 34.1. The van der Waals surface area contributed by atoms with E-state index in [-0.39, 0.29) is 29.2 Å². The Morgan fingerprint density at radius 3 is 2.44 bits per heavy atom. The minimum Gasteiger partial charge on any atom is -0.379 e. The second kappa shape index (κ2) is 9.90. The van der Waals surface area contributed by atoms with E-state index in [0.29, 0.717) is 35.9 Å². The number of ether oxygens (including phenoxy) is 1. The molecule has 178 valence electrons. The van der Waals surface area contributed by atoms with Gasteiger partial charge in [0.25, 0.3) is 5.91 Å². The van der Waals surface area contributed by atoms with Crippen LogP contribution in [0.3, 0.4) is 0 Å². The van der Waals surface area contributed by atoms with Crippen molar-refractivity contribution in [2.75, 3.05) is 25.5 Å². The number of carbonyl (C=O) groups excluding carboxylic acids is 1. The molecule has 1 saturated heterocycles. The molecule has 1 N–H and O–H groups in total. The summed E-state index contributed by atoms with van der Waals surface area (Å²) in [5.74, 6) is -0.899.